The van der Waals surface area contributed by atoms with Crippen molar-refractivity contribution in [2.75, 3.05) is 0 Å². The van der Waals surface area contributed by atoms with Crippen molar-refractivity contribution in [2.24, 2.45) is 0 Å². The molecule has 0 fully saturated rings. The van der Waals surface area contributed by atoms with Crippen LogP contribution in [0.5, 0.6) is 0 Å². The number of rotatable bonds is 3. The summed E-state index contributed by atoms with van der Waals surface area (Å²) in [5.41, 5.74) is 0.978. The van der Waals surface area contributed by atoms with Gasteiger partial charge in [-0.3, -0.25) is 4.98 Å². The molecule has 0 aliphatic rings. The Bertz CT molecular complexity index is 996. The highest BCUT2D eigenvalue weighted by Crippen LogP contribution is 2.25. The van der Waals surface area contributed by atoms with E-state index in [1.807, 2.05) is 24.4 Å². The lowest BCUT2D eigenvalue weighted by molar-refractivity contribution is 0.536. The van der Waals surface area contributed by atoms with Gasteiger partial charge in [0.15, 0.2) is 5.65 Å². The number of fused-ring (bicyclic) bond motifs is 1. The van der Waals surface area contributed by atoms with E-state index in [2.05, 4.69) is 15.1 Å². The maximum absolute atomic E-state index is 12.3. The molecular weight excluding hydrogens is 302 g/mol. The first-order valence-corrected chi connectivity index (χ1v) is 7.50. The number of thiophene rings is 1. The van der Waals surface area contributed by atoms with Gasteiger partial charge in [0, 0.05) is 12.4 Å². The van der Waals surface area contributed by atoms with Gasteiger partial charge in [0.05, 0.1) is 17.6 Å². The summed E-state index contributed by atoms with van der Waals surface area (Å²) in [7, 11) is 0. The number of hydrogen-bond acceptors (Lipinski definition) is 6. The highest BCUT2D eigenvalue weighted by molar-refractivity contribution is 7.13. The summed E-state index contributed by atoms with van der Waals surface area (Å²) >= 11 is 1.56. The smallest absolute Gasteiger partial charge is 0.350 e. The molecule has 4 heterocycles. The van der Waals surface area contributed by atoms with Crippen LogP contribution in [0.3, 0.4) is 0 Å². The van der Waals surface area contributed by atoms with Crippen LogP contribution < -0.4 is 5.69 Å². The molecule has 0 aliphatic heterocycles. The monoisotopic (exact) mass is 313 g/mol. The van der Waals surface area contributed by atoms with E-state index in [1.54, 1.807) is 29.9 Å². The molecule has 4 rings (SSSR count). The van der Waals surface area contributed by atoms with Crippen LogP contribution in [0.25, 0.3) is 16.4 Å². The Morgan fingerprint density at radius 3 is 3.09 bits per heavy atom. The predicted octanol–water partition coefficient (Wildman–Crippen LogP) is 1.96. The molecule has 4 aromatic heterocycles. The van der Waals surface area contributed by atoms with E-state index in [0.717, 1.165) is 4.88 Å². The molecule has 4 aromatic rings. The molecule has 8 heteroatoms. The first kappa shape index (κ1) is 13.0. The first-order chi connectivity index (χ1) is 10.7. The summed E-state index contributed by atoms with van der Waals surface area (Å²) in [6, 6.07) is 3.89. The maximum Gasteiger partial charge on any atom is 0.350 e. The van der Waals surface area contributed by atoms with E-state index in [1.165, 1.54) is 9.08 Å². The Morgan fingerprint density at radius 1 is 1.41 bits per heavy atom. The molecule has 0 saturated heterocycles. The fraction of sp³-hybridized carbons (Fsp3) is 0.143. The summed E-state index contributed by atoms with van der Waals surface area (Å²) in [4.78, 5) is 21.7. The van der Waals surface area contributed by atoms with Gasteiger partial charge in [-0.2, -0.15) is 0 Å². The van der Waals surface area contributed by atoms with Gasteiger partial charge in [0.2, 0.25) is 5.89 Å². The molecule has 0 N–H and O–H groups in total. The molecule has 110 valence electrons. The second kappa shape index (κ2) is 4.92. The van der Waals surface area contributed by atoms with Crippen LogP contribution in [-0.4, -0.2) is 24.1 Å². The third kappa shape index (κ3) is 2.04. The van der Waals surface area contributed by atoms with Crippen LogP contribution >= 0.6 is 11.3 Å². The van der Waals surface area contributed by atoms with E-state index in [9.17, 15) is 4.79 Å². The zero-order valence-electron chi connectivity index (χ0n) is 11.6. The molecule has 0 radical (unpaired) electrons. The topological polar surface area (TPSA) is 78.2 Å². The average Bonchev–Trinajstić information content (AvgIpc) is 3.22. The van der Waals surface area contributed by atoms with E-state index in [-0.39, 0.29) is 12.2 Å². The Labute approximate surface area is 128 Å². The molecular formula is C14H11N5O2S. The van der Waals surface area contributed by atoms with Gasteiger partial charge in [-0.15, -0.1) is 16.4 Å². The Balaban J connectivity index is 1.74. The molecule has 0 amide bonds. The molecule has 22 heavy (non-hydrogen) atoms. The molecule has 0 saturated carbocycles. The van der Waals surface area contributed by atoms with Crippen LogP contribution in [0.2, 0.25) is 0 Å². The molecule has 0 aliphatic carbocycles. The van der Waals surface area contributed by atoms with Gasteiger partial charge < -0.3 is 4.42 Å². The first-order valence-electron chi connectivity index (χ1n) is 6.62. The van der Waals surface area contributed by atoms with Crippen molar-refractivity contribution in [3.63, 3.8) is 0 Å². The van der Waals surface area contributed by atoms with Crippen LogP contribution in [0, 0.1) is 6.92 Å². The lowest BCUT2D eigenvalue weighted by atomic mass is 10.4. The number of hydrogen-bond donors (Lipinski definition) is 0. The van der Waals surface area contributed by atoms with Gasteiger partial charge in [0.25, 0.3) is 0 Å². The number of nitrogens with zero attached hydrogens (tertiary/aromatic N) is 5. The fourth-order valence-electron chi connectivity index (χ4n) is 2.21. The van der Waals surface area contributed by atoms with E-state index in [0.29, 0.717) is 23.0 Å². The average molecular weight is 313 g/mol. The summed E-state index contributed by atoms with van der Waals surface area (Å²) in [6.07, 6.45) is 4.69. The van der Waals surface area contributed by atoms with Crippen molar-refractivity contribution < 1.29 is 4.42 Å². The van der Waals surface area contributed by atoms with E-state index in [4.69, 9.17) is 4.42 Å². The lowest BCUT2D eigenvalue weighted by Gasteiger charge is -1.95. The lowest BCUT2D eigenvalue weighted by Crippen LogP contribution is -2.22. The van der Waals surface area contributed by atoms with Crippen LogP contribution in [0.1, 0.15) is 11.5 Å². The Hall–Kier alpha value is -2.74. The van der Waals surface area contributed by atoms with Crippen LogP contribution in [0.15, 0.2) is 45.3 Å². The van der Waals surface area contributed by atoms with Gasteiger partial charge in [0.1, 0.15) is 11.5 Å². The number of aromatic nitrogens is 5. The largest absolute Gasteiger partial charge is 0.440 e. The van der Waals surface area contributed by atoms with E-state index >= 15 is 0 Å². The second-order valence-electron chi connectivity index (χ2n) is 4.74. The minimum Gasteiger partial charge on any atom is -0.440 e. The minimum atomic E-state index is -0.225. The van der Waals surface area contributed by atoms with Crippen molar-refractivity contribution >= 4 is 17.0 Å². The van der Waals surface area contributed by atoms with Crippen molar-refractivity contribution in [1.82, 2.24) is 24.1 Å². The normalized spacial score (nSPS) is 11.3. The minimum absolute atomic E-state index is 0.225. The number of oxazole rings is 1. The summed E-state index contributed by atoms with van der Waals surface area (Å²) in [6.45, 7) is 2.10. The molecule has 0 unspecified atom stereocenters. The zero-order chi connectivity index (χ0) is 15.1. The Morgan fingerprint density at radius 2 is 2.32 bits per heavy atom. The van der Waals surface area contributed by atoms with E-state index < -0.39 is 0 Å². The van der Waals surface area contributed by atoms with Gasteiger partial charge >= 0.3 is 5.69 Å². The van der Waals surface area contributed by atoms with Crippen LogP contribution in [0.4, 0.5) is 0 Å². The molecule has 7 nitrogen and oxygen atoms in total. The predicted molar refractivity (Wildman–Crippen MR) is 80.9 cm³/mol. The van der Waals surface area contributed by atoms with Crippen LogP contribution in [-0.2, 0) is 6.54 Å². The Kier molecular flexibility index (Phi) is 2.90. The molecule has 0 spiro atoms. The third-order valence-corrected chi connectivity index (χ3v) is 4.17. The highest BCUT2D eigenvalue weighted by Gasteiger charge is 2.15. The quantitative estimate of drug-likeness (QED) is 0.578. The second-order valence-corrected chi connectivity index (χ2v) is 5.69. The van der Waals surface area contributed by atoms with Crippen molar-refractivity contribution in [2.45, 2.75) is 13.5 Å². The molecule has 0 bridgehead atoms. The van der Waals surface area contributed by atoms with Gasteiger partial charge in [-0.05, 0) is 18.4 Å². The number of aryl methyl sites for hydroxylation is 1. The van der Waals surface area contributed by atoms with Gasteiger partial charge in [-0.25, -0.2) is 18.9 Å². The molecule has 0 aromatic carbocycles. The fourth-order valence-corrected chi connectivity index (χ4v) is 2.85. The van der Waals surface area contributed by atoms with Gasteiger partial charge in [-0.1, -0.05) is 6.07 Å². The summed E-state index contributed by atoms with van der Waals surface area (Å²) < 4.78 is 8.49. The highest BCUT2D eigenvalue weighted by atomic mass is 32.1. The summed E-state index contributed by atoms with van der Waals surface area (Å²) in [5.74, 6) is 1.26. The van der Waals surface area contributed by atoms with Crippen molar-refractivity contribution in [1.29, 1.82) is 0 Å². The van der Waals surface area contributed by atoms with Crippen molar-refractivity contribution in [3.05, 3.63) is 58.0 Å². The zero-order valence-corrected chi connectivity index (χ0v) is 12.4. The van der Waals surface area contributed by atoms with Crippen molar-refractivity contribution in [3.8, 4) is 10.8 Å². The molecule has 0 atom stereocenters. The standard InChI is InChI=1S/C14H11N5O2S/c1-9-10(16-13(21-9)11-3-2-6-22-11)8-19-14(20)18-5-4-15-7-12(18)17-19/h2-7H,8H2,1H3. The summed E-state index contributed by atoms with van der Waals surface area (Å²) in [5, 5.41) is 6.21. The third-order valence-electron chi connectivity index (χ3n) is 3.31. The SMILES string of the molecule is Cc1oc(-c2cccs2)nc1Cn1nc2cnccn2c1=O. The maximum atomic E-state index is 12.3.